The fourth-order valence-electron chi connectivity index (χ4n) is 2.90. The molecule has 0 aliphatic carbocycles. The molecule has 1 N–H and O–H groups in total. The number of nitrogens with one attached hydrogen (secondary N) is 1. The summed E-state index contributed by atoms with van der Waals surface area (Å²) < 4.78 is 16.5. The van der Waals surface area contributed by atoms with Gasteiger partial charge in [-0.1, -0.05) is 0 Å². The van der Waals surface area contributed by atoms with Gasteiger partial charge in [0, 0.05) is 37.1 Å². The monoisotopic (exact) mass is 347 g/mol. The van der Waals surface area contributed by atoms with E-state index < -0.39 is 0 Å². The number of aromatic nitrogens is 1. The van der Waals surface area contributed by atoms with Gasteiger partial charge >= 0.3 is 0 Å². The predicted octanol–water partition coefficient (Wildman–Crippen LogP) is 1.96. The number of fused-ring (bicyclic) bond motifs is 1. The van der Waals surface area contributed by atoms with E-state index in [1.54, 1.807) is 11.3 Å². The molecule has 2 aliphatic heterocycles. The standard InChI is InChI=1S/C17H21N3O3S/c1-20-4-5-21-14(9-20)8-18-7-13-10-24-17(19-13)12-2-3-15-16(6-12)23-11-22-15/h2-3,6,10,14,18H,4-5,7-9,11H2,1H3/t14-/m1/s1. The molecule has 1 aromatic heterocycles. The van der Waals surface area contributed by atoms with Crippen molar-refractivity contribution in [1.82, 2.24) is 15.2 Å². The van der Waals surface area contributed by atoms with Crippen molar-refractivity contribution in [2.75, 3.05) is 40.1 Å². The summed E-state index contributed by atoms with van der Waals surface area (Å²) in [6.07, 6.45) is 0.260. The van der Waals surface area contributed by atoms with Crippen LogP contribution in [0.1, 0.15) is 5.69 Å². The van der Waals surface area contributed by atoms with E-state index in [2.05, 4.69) is 22.6 Å². The predicted molar refractivity (Wildman–Crippen MR) is 92.6 cm³/mol. The fraction of sp³-hybridized carbons (Fsp3) is 0.471. The fourth-order valence-corrected chi connectivity index (χ4v) is 3.72. The first-order chi connectivity index (χ1) is 11.8. The molecule has 1 aromatic carbocycles. The highest BCUT2D eigenvalue weighted by Crippen LogP contribution is 2.36. The van der Waals surface area contributed by atoms with Crippen LogP contribution >= 0.6 is 11.3 Å². The Morgan fingerprint density at radius 1 is 1.33 bits per heavy atom. The molecule has 0 spiro atoms. The number of likely N-dealkylation sites (N-methyl/N-ethyl adjacent to an activating group) is 1. The summed E-state index contributed by atoms with van der Waals surface area (Å²) >= 11 is 1.65. The Morgan fingerprint density at radius 3 is 3.17 bits per heavy atom. The molecule has 3 heterocycles. The first-order valence-corrected chi connectivity index (χ1v) is 9.01. The lowest BCUT2D eigenvalue weighted by Gasteiger charge is -2.30. The van der Waals surface area contributed by atoms with E-state index in [9.17, 15) is 0 Å². The summed E-state index contributed by atoms with van der Waals surface area (Å²) in [5, 5.41) is 6.54. The molecule has 0 radical (unpaired) electrons. The first kappa shape index (κ1) is 15.8. The lowest BCUT2D eigenvalue weighted by molar-refractivity contribution is -0.0182. The van der Waals surface area contributed by atoms with Crippen LogP contribution in [0.2, 0.25) is 0 Å². The number of benzene rings is 1. The van der Waals surface area contributed by atoms with Gasteiger partial charge < -0.3 is 24.4 Å². The van der Waals surface area contributed by atoms with Gasteiger partial charge in [-0.05, 0) is 25.2 Å². The highest BCUT2D eigenvalue weighted by Gasteiger charge is 2.18. The van der Waals surface area contributed by atoms with Gasteiger partial charge in [-0.25, -0.2) is 4.98 Å². The van der Waals surface area contributed by atoms with Crippen molar-refractivity contribution in [3.63, 3.8) is 0 Å². The molecule has 0 saturated carbocycles. The van der Waals surface area contributed by atoms with Crippen molar-refractivity contribution in [3.8, 4) is 22.1 Å². The van der Waals surface area contributed by atoms with E-state index in [1.807, 2.05) is 18.2 Å². The molecule has 1 atom stereocenters. The molecule has 1 saturated heterocycles. The lowest BCUT2D eigenvalue weighted by Crippen LogP contribution is -2.44. The van der Waals surface area contributed by atoms with Crippen LogP contribution in [-0.2, 0) is 11.3 Å². The zero-order valence-corrected chi connectivity index (χ0v) is 14.5. The number of hydrogen-bond acceptors (Lipinski definition) is 7. The van der Waals surface area contributed by atoms with Gasteiger partial charge in [-0.3, -0.25) is 0 Å². The maximum atomic E-state index is 5.76. The molecular formula is C17H21N3O3S. The molecule has 0 unspecified atom stereocenters. The number of hydrogen-bond donors (Lipinski definition) is 1. The summed E-state index contributed by atoms with van der Waals surface area (Å²) in [7, 11) is 2.13. The zero-order valence-electron chi connectivity index (χ0n) is 13.7. The summed E-state index contributed by atoms with van der Waals surface area (Å²) in [5.41, 5.74) is 2.12. The highest BCUT2D eigenvalue weighted by atomic mass is 32.1. The summed E-state index contributed by atoms with van der Waals surface area (Å²) in [5.74, 6) is 1.59. The molecule has 2 aliphatic rings. The maximum Gasteiger partial charge on any atom is 0.231 e. The lowest BCUT2D eigenvalue weighted by atomic mass is 10.2. The Balaban J connectivity index is 1.33. The molecule has 7 heteroatoms. The Morgan fingerprint density at radius 2 is 2.25 bits per heavy atom. The Labute approximate surface area is 145 Å². The second-order valence-electron chi connectivity index (χ2n) is 6.10. The molecular weight excluding hydrogens is 326 g/mol. The van der Waals surface area contributed by atoms with E-state index in [0.717, 1.165) is 60.5 Å². The van der Waals surface area contributed by atoms with Crippen molar-refractivity contribution >= 4 is 11.3 Å². The molecule has 2 aromatic rings. The summed E-state index contributed by atoms with van der Waals surface area (Å²) in [4.78, 5) is 7.01. The van der Waals surface area contributed by atoms with Gasteiger partial charge in [0.1, 0.15) is 5.01 Å². The molecule has 6 nitrogen and oxygen atoms in total. The number of morpholine rings is 1. The number of ether oxygens (including phenoxy) is 3. The van der Waals surface area contributed by atoms with E-state index in [4.69, 9.17) is 19.2 Å². The minimum atomic E-state index is 0.260. The molecule has 128 valence electrons. The van der Waals surface area contributed by atoms with Crippen molar-refractivity contribution < 1.29 is 14.2 Å². The molecule has 24 heavy (non-hydrogen) atoms. The van der Waals surface area contributed by atoms with Gasteiger partial charge in [-0.15, -0.1) is 11.3 Å². The van der Waals surface area contributed by atoms with E-state index in [0.29, 0.717) is 6.79 Å². The first-order valence-electron chi connectivity index (χ1n) is 8.13. The zero-order chi connectivity index (χ0) is 16.4. The largest absolute Gasteiger partial charge is 0.454 e. The van der Waals surface area contributed by atoms with Crippen LogP contribution in [0, 0.1) is 0 Å². The van der Waals surface area contributed by atoms with Gasteiger partial charge in [0.25, 0.3) is 0 Å². The van der Waals surface area contributed by atoms with Crippen molar-refractivity contribution in [2.24, 2.45) is 0 Å². The molecule has 4 rings (SSSR count). The van der Waals surface area contributed by atoms with Crippen LogP contribution in [0.15, 0.2) is 23.6 Å². The average molecular weight is 347 g/mol. The van der Waals surface area contributed by atoms with E-state index in [-0.39, 0.29) is 6.10 Å². The molecule has 0 bridgehead atoms. The van der Waals surface area contributed by atoms with Crippen LogP contribution < -0.4 is 14.8 Å². The van der Waals surface area contributed by atoms with Crippen molar-refractivity contribution in [2.45, 2.75) is 12.6 Å². The second kappa shape index (κ2) is 7.06. The Hall–Kier alpha value is -1.67. The van der Waals surface area contributed by atoms with Gasteiger partial charge in [0.15, 0.2) is 11.5 Å². The third-order valence-electron chi connectivity index (χ3n) is 4.19. The van der Waals surface area contributed by atoms with Gasteiger partial charge in [0.2, 0.25) is 6.79 Å². The Bertz CT molecular complexity index is 706. The SMILES string of the molecule is CN1CCO[C@H](CNCc2csc(-c3ccc4c(c3)OCO4)n2)C1. The van der Waals surface area contributed by atoms with Gasteiger partial charge in [0.05, 0.1) is 18.4 Å². The van der Waals surface area contributed by atoms with Crippen molar-refractivity contribution in [3.05, 3.63) is 29.3 Å². The van der Waals surface area contributed by atoms with Crippen LogP contribution in [0.25, 0.3) is 10.6 Å². The maximum absolute atomic E-state index is 5.76. The topological polar surface area (TPSA) is 55.9 Å². The van der Waals surface area contributed by atoms with Gasteiger partial charge in [-0.2, -0.15) is 0 Å². The van der Waals surface area contributed by atoms with E-state index >= 15 is 0 Å². The third-order valence-corrected chi connectivity index (χ3v) is 5.13. The number of nitrogens with zero attached hydrogens (tertiary/aromatic N) is 2. The van der Waals surface area contributed by atoms with Crippen LogP contribution in [-0.4, -0.2) is 56.1 Å². The van der Waals surface area contributed by atoms with E-state index in [1.165, 1.54) is 0 Å². The summed E-state index contributed by atoms with van der Waals surface area (Å²) in [6, 6.07) is 5.95. The molecule has 1 fully saturated rings. The third kappa shape index (κ3) is 3.54. The van der Waals surface area contributed by atoms with Crippen LogP contribution in [0.4, 0.5) is 0 Å². The number of rotatable bonds is 5. The Kier molecular flexibility index (Phi) is 4.66. The second-order valence-corrected chi connectivity index (χ2v) is 6.96. The normalized spacial score (nSPS) is 20.5. The van der Waals surface area contributed by atoms with Crippen LogP contribution in [0.5, 0.6) is 11.5 Å². The minimum Gasteiger partial charge on any atom is -0.454 e. The minimum absolute atomic E-state index is 0.260. The van der Waals surface area contributed by atoms with Crippen molar-refractivity contribution in [1.29, 1.82) is 0 Å². The number of thiazole rings is 1. The quantitative estimate of drug-likeness (QED) is 0.892. The smallest absolute Gasteiger partial charge is 0.231 e. The summed E-state index contributed by atoms with van der Waals surface area (Å²) in [6.45, 7) is 4.71. The highest BCUT2D eigenvalue weighted by molar-refractivity contribution is 7.13. The van der Waals surface area contributed by atoms with Crippen LogP contribution in [0.3, 0.4) is 0 Å². The molecule has 0 amide bonds. The average Bonchev–Trinajstić information content (AvgIpc) is 3.23.